The standard InChI is InChI=1S/C18H17N3O6S/c1-27-18(24)13-9-12(10-14(11-13)21(25)26)16(22)19-4-6-20(7-5-19)17(23)15-3-2-8-28-15/h2-3,8-11H,4-7H2,1H3. The van der Waals surface area contributed by atoms with Crippen LogP contribution in [0.2, 0.25) is 0 Å². The number of carbonyl (C=O) groups excluding carboxylic acids is 3. The Balaban J connectivity index is 1.74. The summed E-state index contributed by atoms with van der Waals surface area (Å²) in [6, 6.07) is 7.05. The minimum absolute atomic E-state index is 0.0348. The molecule has 0 N–H and O–H groups in total. The Bertz CT molecular complexity index is 919. The van der Waals surface area contributed by atoms with Gasteiger partial charge in [0, 0.05) is 43.9 Å². The Morgan fingerprint density at radius 1 is 1.04 bits per heavy atom. The highest BCUT2D eigenvalue weighted by molar-refractivity contribution is 7.12. The summed E-state index contributed by atoms with van der Waals surface area (Å²) in [7, 11) is 1.16. The molecule has 9 nitrogen and oxygen atoms in total. The molecule has 1 aromatic heterocycles. The van der Waals surface area contributed by atoms with Crippen molar-refractivity contribution < 1.29 is 24.0 Å². The fourth-order valence-electron chi connectivity index (χ4n) is 2.93. The van der Waals surface area contributed by atoms with Gasteiger partial charge < -0.3 is 14.5 Å². The summed E-state index contributed by atoms with van der Waals surface area (Å²) < 4.78 is 4.60. The second-order valence-corrected chi connectivity index (χ2v) is 7.03. The zero-order valence-corrected chi connectivity index (χ0v) is 15.8. The van der Waals surface area contributed by atoms with Crippen molar-refractivity contribution in [3.63, 3.8) is 0 Å². The van der Waals surface area contributed by atoms with Gasteiger partial charge in [-0.15, -0.1) is 11.3 Å². The van der Waals surface area contributed by atoms with Crippen LogP contribution >= 0.6 is 11.3 Å². The van der Waals surface area contributed by atoms with Gasteiger partial charge in [0.2, 0.25) is 0 Å². The van der Waals surface area contributed by atoms with E-state index in [1.165, 1.54) is 22.3 Å². The van der Waals surface area contributed by atoms with Crippen molar-refractivity contribution in [1.29, 1.82) is 0 Å². The first-order chi connectivity index (χ1) is 13.4. The number of nitrogens with zero attached hydrogens (tertiary/aromatic N) is 3. The Labute approximate surface area is 164 Å². The lowest BCUT2D eigenvalue weighted by Crippen LogP contribution is -2.50. The van der Waals surface area contributed by atoms with Gasteiger partial charge in [-0.3, -0.25) is 19.7 Å². The molecule has 146 valence electrons. The number of nitro groups is 1. The van der Waals surface area contributed by atoms with E-state index < -0.39 is 16.8 Å². The van der Waals surface area contributed by atoms with E-state index in [0.29, 0.717) is 31.1 Å². The lowest BCUT2D eigenvalue weighted by atomic mass is 10.1. The second kappa shape index (κ2) is 8.17. The van der Waals surface area contributed by atoms with Crippen molar-refractivity contribution >= 4 is 34.8 Å². The van der Waals surface area contributed by atoms with E-state index >= 15 is 0 Å². The number of piperazine rings is 1. The number of amides is 2. The molecule has 0 bridgehead atoms. The number of ether oxygens (including phenoxy) is 1. The molecular formula is C18H17N3O6S. The topological polar surface area (TPSA) is 110 Å². The van der Waals surface area contributed by atoms with Gasteiger partial charge >= 0.3 is 5.97 Å². The molecule has 2 amide bonds. The van der Waals surface area contributed by atoms with E-state index in [-0.39, 0.29) is 22.7 Å². The molecule has 0 unspecified atom stereocenters. The van der Waals surface area contributed by atoms with Gasteiger partial charge in [0.1, 0.15) is 0 Å². The first-order valence-corrected chi connectivity index (χ1v) is 9.28. The van der Waals surface area contributed by atoms with E-state index in [2.05, 4.69) is 4.74 Å². The van der Waals surface area contributed by atoms with Gasteiger partial charge in [0.05, 0.1) is 22.5 Å². The van der Waals surface area contributed by atoms with Crippen molar-refractivity contribution in [2.75, 3.05) is 33.3 Å². The van der Waals surface area contributed by atoms with Gasteiger partial charge in [-0.25, -0.2) is 4.79 Å². The van der Waals surface area contributed by atoms with Crippen molar-refractivity contribution in [1.82, 2.24) is 9.80 Å². The zero-order valence-electron chi connectivity index (χ0n) is 15.0. The van der Waals surface area contributed by atoms with Gasteiger partial charge in [-0.2, -0.15) is 0 Å². The average molecular weight is 403 g/mol. The quantitative estimate of drug-likeness (QED) is 0.439. The van der Waals surface area contributed by atoms with Crippen LogP contribution in [0.5, 0.6) is 0 Å². The van der Waals surface area contributed by atoms with Gasteiger partial charge in [-0.1, -0.05) is 6.07 Å². The molecule has 0 aliphatic carbocycles. The number of nitro benzene ring substituents is 1. The van der Waals surface area contributed by atoms with Crippen LogP contribution in [0.25, 0.3) is 0 Å². The summed E-state index contributed by atoms with van der Waals surface area (Å²) in [6.07, 6.45) is 0. The maximum atomic E-state index is 12.8. The van der Waals surface area contributed by atoms with E-state index in [1.54, 1.807) is 17.0 Å². The van der Waals surface area contributed by atoms with Crippen molar-refractivity contribution in [2.45, 2.75) is 0 Å². The van der Waals surface area contributed by atoms with Crippen molar-refractivity contribution in [2.24, 2.45) is 0 Å². The summed E-state index contributed by atoms with van der Waals surface area (Å²) in [5.74, 6) is -1.27. The second-order valence-electron chi connectivity index (χ2n) is 6.08. The average Bonchev–Trinajstić information content (AvgIpc) is 3.26. The number of thiophene rings is 1. The molecule has 1 aliphatic rings. The van der Waals surface area contributed by atoms with Gasteiger partial charge in [0.15, 0.2) is 0 Å². The van der Waals surface area contributed by atoms with E-state index in [0.717, 1.165) is 19.2 Å². The van der Waals surface area contributed by atoms with E-state index in [4.69, 9.17) is 0 Å². The molecule has 10 heteroatoms. The first-order valence-electron chi connectivity index (χ1n) is 8.40. The molecule has 0 saturated carbocycles. The fourth-order valence-corrected chi connectivity index (χ4v) is 3.62. The first kappa shape index (κ1) is 19.5. The maximum absolute atomic E-state index is 12.8. The summed E-state index contributed by atoms with van der Waals surface area (Å²) in [5.41, 5.74) is -0.392. The molecule has 1 aromatic carbocycles. The highest BCUT2D eigenvalue weighted by Crippen LogP contribution is 2.21. The van der Waals surface area contributed by atoms with Gasteiger partial charge in [0.25, 0.3) is 17.5 Å². The smallest absolute Gasteiger partial charge is 0.338 e. The Kier molecular flexibility index (Phi) is 5.69. The lowest BCUT2D eigenvalue weighted by molar-refractivity contribution is -0.384. The minimum atomic E-state index is -0.760. The third-order valence-electron chi connectivity index (χ3n) is 4.38. The predicted octanol–water partition coefficient (Wildman–Crippen LogP) is 2.04. The third-order valence-corrected chi connectivity index (χ3v) is 5.24. The van der Waals surface area contributed by atoms with Crippen LogP contribution in [-0.2, 0) is 4.74 Å². The zero-order chi connectivity index (χ0) is 20.3. The van der Waals surface area contributed by atoms with Crippen LogP contribution in [0.1, 0.15) is 30.4 Å². The summed E-state index contributed by atoms with van der Waals surface area (Å²) >= 11 is 1.36. The van der Waals surface area contributed by atoms with Crippen LogP contribution in [0, 0.1) is 10.1 Å². The Hall–Kier alpha value is -3.27. The van der Waals surface area contributed by atoms with Crippen LogP contribution in [0.15, 0.2) is 35.7 Å². The number of hydrogen-bond donors (Lipinski definition) is 0. The molecule has 1 fully saturated rings. The van der Waals surface area contributed by atoms with Crippen molar-refractivity contribution in [3.05, 3.63) is 61.8 Å². The Morgan fingerprint density at radius 2 is 1.64 bits per heavy atom. The van der Waals surface area contributed by atoms with Crippen LogP contribution < -0.4 is 0 Å². The molecule has 1 saturated heterocycles. The lowest BCUT2D eigenvalue weighted by Gasteiger charge is -2.34. The highest BCUT2D eigenvalue weighted by Gasteiger charge is 2.27. The maximum Gasteiger partial charge on any atom is 0.338 e. The number of methoxy groups -OCH3 is 1. The number of hydrogen-bond acceptors (Lipinski definition) is 7. The summed E-state index contributed by atoms with van der Waals surface area (Å²) in [5, 5.41) is 13.0. The van der Waals surface area contributed by atoms with Crippen molar-refractivity contribution in [3.8, 4) is 0 Å². The highest BCUT2D eigenvalue weighted by atomic mass is 32.1. The molecule has 2 heterocycles. The molecule has 0 radical (unpaired) electrons. The third kappa shape index (κ3) is 4.01. The SMILES string of the molecule is COC(=O)c1cc(C(=O)N2CCN(C(=O)c3cccs3)CC2)cc([N+](=O)[O-])c1. The molecule has 3 rings (SSSR count). The fraction of sp³-hybridized carbons (Fsp3) is 0.278. The number of esters is 1. The molecule has 0 spiro atoms. The minimum Gasteiger partial charge on any atom is -0.465 e. The molecule has 0 atom stereocenters. The van der Waals surface area contributed by atoms with Crippen LogP contribution in [-0.4, -0.2) is 65.8 Å². The Morgan fingerprint density at radius 3 is 2.18 bits per heavy atom. The molecule has 2 aromatic rings. The molecular weight excluding hydrogens is 386 g/mol. The predicted molar refractivity (Wildman–Crippen MR) is 101 cm³/mol. The van der Waals surface area contributed by atoms with Crippen LogP contribution in [0.3, 0.4) is 0 Å². The number of non-ortho nitro benzene ring substituents is 1. The monoisotopic (exact) mass is 403 g/mol. The summed E-state index contributed by atoms with van der Waals surface area (Å²) in [6.45, 7) is 1.32. The number of rotatable bonds is 4. The van der Waals surface area contributed by atoms with Gasteiger partial charge in [-0.05, 0) is 17.5 Å². The molecule has 28 heavy (non-hydrogen) atoms. The summed E-state index contributed by atoms with van der Waals surface area (Å²) in [4.78, 5) is 51.2. The normalized spacial score (nSPS) is 13.9. The largest absolute Gasteiger partial charge is 0.465 e. The van der Waals surface area contributed by atoms with E-state index in [9.17, 15) is 24.5 Å². The number of benzene rings is 1. The number of carbonyl (C=O) groups is 3. The van der Waals surface area contributed by atoms with E-state index in [1.807, 2.05) is 5.38 Å². The van der Waals surface area contributed by atoms with Crippen LogP contribution in [0.4, 0.5) is 5.69 Å². The molecule has 1 aliphatic heterocycles.